The number of carbonyl (C=O) groups is 1. The van der Waals surface area contributed by atoms with Gasteiger partial charge >= 0.3 is 0 Å². The van der Waals surface area contributed by atoms with Crippen molar-refractivity contribution in [3.8, 4) is 0 Å². The van der Waals surface area contributed by atoms with Gasteiger partial charge in [-0.3, -0.25) is 10.0 Å². The minimum absolute atomic E-state index is 0.507. The summed E-state index contributed by atoms with van der Waals surface area (Å²) in [5.41, 5.74) is 3.37. The fourth-order valence-corrected chi connectivity index (χ4v) is 2.08. The standard InChI is InChI=1S/C14H12Cl2N2O2/c15-12-5-3-10(8-13(12)16)9-18-7-1-2-11(18)4-6-14(19)17-20/h1-8,20H,9H2,(H,17,19). The molecular weight excluding hydrogens is 299 g/mol. The molecule has 0 aliphatic carbocycles. The third-order valence-corrected chi connectivity index (χ3v) is 3.46. The highest BCUT2D eigenvalue weighted by Crippen LogP contribution is 2.23. The van der Waals surface area contributed by atoms with Crippen molar-refractivity contribution >= 4 is 35.2 Å². The van der Waals surface area contributed by atoms with E-state index in [0.717, 1.165) is 11.3 Å². The molecule has 1 amide bonds. The van der Waals surface area contributed by atoms with Crippen LogP contribution in [-0.2, 0) is 11.3 Å². The molecule has 2 rings (SSSR count). The van der Waals surface area contributed by atoms with Crippen LogP contribution in [-0.4, -0.2) is 15.7 Å². The average Bonchev–Trinajstić information content (AvgIpc) is 2.87. The van der Waals surface area contributed by atoms with Gasteiger partial charge in [-0.05, 0) is 35.9 Å². The minimum atomic E-state index is -0.577. The average molecular weight is 311 g/mol. The number of aromatic nitrogens is 1. The Balaban J connectivity index is 2.18. The van der Waals surface area contributed by atoms with Gasteiger partial charge in [-0.25, -0.2) is 5.48 Å². The molecule has 0 spiro atoms. The lowest BCUT2D eigenvalue weighted by molar-refractivity contribution is -0.124. The molecule has 1 aromatic carbocycles. The summed E-state index contributed by atoms with van der Waals surface area (Å²) in [5.74, 6) is -0.577. The molecule has 0 fully saturated rings. The zero-order valence-electron chi connectivity index (χ0n) is 10.4. The number of nitrogens with one attached hydrogen (secondary N) is 1. The summed E-state index contributed by atoms with van der Waals surface area (Å²) in [6.07, 6.45) is 4.75. The van der Waals surface area contributed by atoms with E-state index in [2.05, 4.69) is 0 Å². The Labute approximate surface area is 126 Å². The van der Waals surface area contributed by atoms with Gasteiger partial charge in [0, 0.05) is 24.5 Å². The SMILES string of the molecule is O=C(C=Cc1cccn1Cc1ccc(Cl)c(Cl)c1)NO. The van der Waals surface area contributed by atoms with E-state index < -0.39 is 5.91 Å². The Hall–Kier alpha value is -1.75. The van der Waals surface area contributed by atoms with Crippen LogP contribution in [0.2, 0.25) is 10.0 Å². The maximum absolute atomic E-state index is 11.0. The number of hydrogen-bond donors (Lipinski definition) is 2. The molecule has 0 saturated heterocycles. The van der Waals surface area contributed by atoms with Gasteiger partial charge in [0.15, 0.2) is 0 Å². The highest BCUT2D eigenvalue weighted by Gasteiger charge is 2.03. The maximum atomic E-state index is 11.0. The van der Waals surface area contributed by atoms with E-state index in [-0.39, 0.29) is 0 Å². The summed E-state index contributed by atoms with van der Waals surface area (Å²) >= 11 is 11.9. The Morgan fingerprint density at radius 3 is 2.80 bits per heavy atom. The van der Waals surface area contributed by atoms with Gasteiger partial charge in [-0.15, -0.1) is 0 Å². The van der Waals surface area contributed by atoms with Crippen LogP contribution in [0.25, 0.3) is 6.08 Å². The highest BCUT2D eigenvalue weighted by atomic mass is 35.5. The zero-order valence-corrected chi connectivity index (χ0v) is 11.9. The van der Waals surface area contributed by atoms with Crippen molar-refractivity contribution in [2.75, 3.05) is 0 Å². The molecule has 1 heterocycles. The van der Waals surface area contributed by atoms with Crippen molar-refractivity contribution in [1.82, 2.24) is 10.0 Å². The van der Waals surface area contributed by atoms with E-state index in [4.69, 9.17) is 28.4 Å². The molecule has 0 atom stereocenters. The van der Waals surface area contributed by atoms with Crippen LogP contribution in [0, 0.1) is 0 Å². The van der Waals surface area contributed by atoms with Crippen LogP contribution in [0.15, 0.2) is 42.6 Å². The molecule has 0 aliphatic heterocycles. The first-order chi connectivity index (χ1) is 9.60. The molecule has 4 nitrogen and oxygen atoms in total. The van der Waals surface area contributed by atoms with E-state index in [9.17, 15) is 4.79 Å². The van der Waals surface area contributed by atoms with Gasteiger partial charge in [0.1, 0.15) is 0 Å². The molecule has 20 heavy (non-hydrogen) atoms. The van der Waals surface area contributed by atoms with E-state index >= 15 is 0 Å². The van der Waals surface area contributed by atoms with Crippen molar-refractivity contribution in [2.24, 2.45) is 0 Å². The van der Waals surface area contributed by atoms with Gasteiger partial charge in [0.25, 0.3) is 5.91 Å². The van der Waals surface area contributed by atoms with Gasteiger partial charge in [0.2, 0.25) is 0 Å². The second-order valence-corrected chi connectivity index (χ2v) is 4.93. The summed E-state index contributed by atoms with van der Waals surface area (Å²) < 4.78 is 1.95. The normalized spacial score (nSPS) is 10.9. The van der Waals surface area contributed by atoms with Crippen LogP contribution in [0.5, 0.6) is 0 Å². The fraction of sp³-hybridized carbons (Fsp3) is 0.0714. The van der Waals surface area contributed by atoms with Gasteiger partial charge in [-0.2, -0.15) is 0 Å². The lowest BCUT2D eigenvalue weighted by Crippen LogP contribution is -2.15. The third kappa shape index (κ3) is 3.63. The topological polar surface area (TPSA) is 54.3 Å². The first-order valence-electron chi connectivity index (χ1n) is 5.81. The van der Waals surface area contributed by atoms with Crippen molar-refractivity contribution in [2.45, 2.75) is 6.54 Å². The van der Waals surface area contributed by atoms with E-state index in [0.29, 0.717) is 16.6 Å². The summed E-state index contributed by atoms with van der Waals surface area (Å²) in [7, 11) is 0. The number of hydrogen-bond acceptors (Lipinski definition) is 2. The Bertz CT molecular complexity index is 650. The monoisotopic (exact) mass is 310 g/mol. The third-order valence-electron chi connectivity index (χ3n) is 2.72. The first-order valence-corrected chi connectivity index (χ1v) is 6.57. The quantitative estimate of drug-likeness (QED) is 0.517. The van der Waals surface area contributed by atoms with Gasteiger partial charge in [-0.1, -0.05) is 29.3 Å². The summed E-state index contributed by atoms with van der Waals surface area (Å²) in [5, 5.41) is 9.46. The molecule has 1 aromatic heterocycles. The van der Waals surface area contributed by atoms with Crippen LogP contribution in [0.4, 0.5) is 0 Å². The lowest BCUT2D eigenvalue weighted by Gasteiger charge is -2.07. The Morgan fingerprint density at radius 2 is 2.10 bits per heavy atom. The number of hydroxylamine groups is 1. The van der Waals surface area contributed by atoms with E-state index in [1.807, 2.05) is 29.0 Å². The second-order valence-electron chi connectivity index (χ2n) is 4.12. The molecule has 0 bridgehead atoms. The number of carbonyl (C=O) groups excluding carboxylic acids is 1. The van der Waals surface area contributed by atoms with Crippen molar-refractivity contribution in [1.29, 1.82) is 0 Å². The van der Waals surface area contributed by atoms with Crippen molar-refractivity contribution in [3.63, 3.8) is 0 Å². The molecule has 6 heteroatoms. The van der Waals surface area contributed by atoms with Gasteiger partial charge in [0.05, 0.1) is 10.0 Å². The zero-order chi connectivity index (χ0) is 14.5. The van der Waals surface area contributed by atoms with E-state index in [1.165, 1.54) is 6.08 Å². The molecular formula is C14H12Cl2N2O2. The Morgan fingerprint density at radius 1 is 1.30 bits per heavy atom. The smallest absolute Gasteiger partial charge is 0.267 e. The number of amides is 1. The van der Waals surface area contributed by atoms with Crippen LogP contribution in [0.1, 0.15) is 11.3 Å². The molecule has 0 radical (unpaired) electrons. The molecule has 0 unspecified atom stereocenters. The van der Waals surface area contributed by atoms with Crippen LogP contribution in [0.3, 0.4) is 0 Å². The van der Waals surface area contributed by atoms with E-state index in [1.54, 1.807) is 23.7 Å². The van der Waals surface area contributed by atoms with Crippen molar-refractivity contribution < 1.29 is 10.0 Å². The largest absolute Gasteiger partial charge is 0.344 e. The second kappa shape index (κ2) is 6.61. The predicted molar refractivity (Wildman–Crippen MR) is 79.0 cm³/mol. The highest BCUT2D eigenvalue weighted by molar-refractivity contribution is 6.42. The summed E-state index contributed by atoms with van der Waals surface area (Å²) in [6.45, 7) is 0.601. The first kappa shape index (κ1) is 14.7. The number of nitrogens with zero attached hydrogens (tertiary/aromatic N) is 1. The van der Waals surface area contributed by atoms with Crippen molar-refractivity contribution in [3.05, 3.63) is 63.9 Å². The summed E-state index contributed by atoms with van der Waals surface area (Å²) in [6, 6.07) is 9.17. The molecule has 0 aliphatic rings. The Kier molecular flexibility index (Phi) is 4.84. The lowest BCUT2D eigenvalue weighted by atomic mass is 10.2. The van der Waals surface area contributed by atoms with Gasteiger partial charge < -0.3 is 4.57 Å². The molecule has 2 aromatic rings. The molecule has 0 saturated carbocycles. The predicted octanol–water partition coefficient (Wildman–Crippen LogP) is 3.36. The van der Waals surface area contributed by atoms with Crippen LogP contribution < -0.4 is 5.48 Å². The number of benzene rings is 1. The van der Waals surface area contributed by atoms with Crippen LogP contribution >= 0.6 is 23.2 Å². The minimum Gasteiger partial charge on any atom is -0.344 e. The number of halogens is 2. The molecule has 104 valence electrons. The number of rotatable bonds is 4. The molecule has 2 N–H and O–H groups in total. The fourth-order valence-electron chi connectivity index (χ4n) is 1.76. The maximum Gasteiger partial charge on any atom is 0.267 e. The summed E-state index contributed by atoms with van der Waals surface area (Å²) in [4.78, 5) is 11.0.